The van der Waals surface area contributed by atoms with Crippen LogP contribution in [0.15, 0.2) is 0 Å². The Bertz CT molecular complexity index is 273. The molecule has 1 aliphatic carbocycles. The van der Waals surface area contributed by atoms with Crippen molar-refractivity contribution in [3.8, 4) is 0 Å². The van der Waals surface area contributed by atoms with Crippen LogP contribution in [0.5, 0.6) is 0 Å². The smallest absolute Gasteiger partial charge is 0.471 e. The second kappa shape index (κ2) is 4.08. The van der Waals surface area contributed by atoms with Crippen molar-refractivity contribution in [1.29, 1.82) is 0 Å². The molecule has 0 heterocycles. The number of hydrogen-bond donors (Lipinski definition) is 1. The van der Waals surface area contributed by atoms with Gasteiger partial charge in [0.15, 0.2) is 0 Å². The van der Waals surface area contributed by atoms with Gasteiger partial charge in [0.05, 0.1) is 0 Å². The molecule has 0 aromatic rings. The van der Waals surface area contributed by atoms with Crippen molar-refractivity contribution in [3.05, 3.63) is 0 Å². The summed E-state index contributed by atoms with van der Waals surface area (Å²) in [5.74, 6) is -3.49. The van der Waals surface area contributed by atoms with Crippen molar-refractivity contribution in [1.82, 2.24) is 4.90 Å². The molecule has 1 rings (SSSR count). The molecule has 0 radical (unpaired) electrons. The summed E-state index contributed by atoms with van der Waals surface area (Å²) in [6.45, 7) is -1.01. The van der Waals surface area contributed by atoms with Crippen LogP contribution in [0.25, 0.3) is 0 Å². The van der Waals surface area contributed by atoms with E-state index in [9.17, 15) is 22.8 Å². The first kappa shape index (κ1) is 11.8. The van der Waals surface area contributed by atoms with E-state index in [1.807, 2.05) is 0 Å². The minimum Gasteiger partial charge on any atom is -0.480 e. The average Bonchev–Trinajstić information content (AvgIpc) is 2.83. The van der Waals surface area contributed by atoms with Gasteiger partial charge in [0.1, 0.15) is 6.54 Å². The molecule has 86 valence electrons. The van der Waals surface area contributed by atoms with Crippen molar-refractivity contribution < 1.29 is 27.9 Å². The predicted molar refractivity (Wildman–Crippen MR) is 43.0 cm³/mol. The van der Waals surface area contributed by atoms with Crippen LogP contribution in [0, 0.1) is 5.92 Å². The highest BCUT2D eigenvalue weighted by molar-refractivity contribution is 5.85. The first-order valence-corrected chi connectivity index (χ1v) is 4.38. The third kappa shape index (κ3) is 3.77. The van der Waals surface area contributed by atoms with Crippen molar-refractivity contribution >= 4 is 11.9 Å². The Kier molecular flexibility index (Phi) is 3.21. The fourth-order valence-electron chi connectivity index (χ4n) is 1.17. The summed E-state index contributed by atoms with van der Waals surface area (Å²) in [4.78, 5) is 21.4. The zero-order valence-electron chi connectivity index (χ0n) is 7.75. The topological polar surface area (TPSA) is 57.6 Å². The third-order valence-corrected chi connectivity index (χ3v) is 2.03. The standard InChI is InChI=1S/C8H10F3NO3/c9-8(10,11)7(15)12(4-6(13)14)3-5-1-2-5/h5H,1-4H2,(H,13,14). The number of alkyl halides is 3. The lowest BCUT2D eigenvalue weighted by molar-refractivity contribution is -0.186. The number of rotatable bonds is 4. The zero-order chi connectivity index (χ0) is 11.6. The van der Waals surface area contributed by atoms with E-state index >= 15 is 0 Å². The SMILES string of the molecule is O=C(O)CN(CC1CC1)C(=O)C(F)(F)F. The molecule has 0 aromatic carbocycles. The molecule has 0 unspecified atom stereocenters. The maximum Gasteiger partial charge on any atom is 0.471 e. The van der Waals surface area contributed by atoms with E-state index in [-0.39, 0.29) is 12.5 Å². The molecule has 1 fully saturated rings. The number of nitrogens with zero attached hydrogens (tertiary/aromatic N) is 1. The first-order valence-electron chi connectivity index (χ1n) is 4.38. The van der Waals surface area contributed by atoms with Gasteiger partial charge in [-0.15, -0.1) is 0 Å². The molecular weight excluding hydrogens is 215 g/mol. The summed E-state index contributed by atoms with van der Waals surface area (Å²) >= 11 is 0. The zero-order valence-corrected chi connectivity index (χ0v) is 7.75. The molecule has 0 aromatic heterocycles. The van der Waals surface area contributed by atoms with Crippen molar-refractivity contribution in [2.45, 2.75) is 19.0 Å². The fraction of sp³-hybridized carbons (Fsp3) is 0.750. The highest BCUT2D eigenvalue weighted by Crippen LogP contribution is 2.31. The van der Waals surface area contributed by atoms with Gasteiger partial charge in [-0.2, -0.15) is 13.2 Å². The number of carbonyl (C=O) groups is 2. The number of carbonyl (C=O) groups excluding carboxylic acids is 1. The molecule has 0 spiro atoms. The van der Waals surface area contributed by atoms with E-state index < -0.39 is 24.6 Å². The Hall–Kier alpha value is -1.27. The lowest BCUT2D eigenvalue weighted by Gasteiger charge is -2.21. The monoisotopic (exact) mass is 225 g/mol. The van der Waals surface area contributed by atoms with E-state index in [4.69, 9.17) is 5.11 Å². The van der Waals surface area contributed by atoms with E-state index in [0.29, 0.717) is 4.90 Å². The molecule has 0 bridgehead atoms. The van der Waals surface area contributed by atoms with E-state index in [0.717, 1.165) is 12.8 Å². The van der Waals surface area contributed by atoms with E-state index in [1.165, 1.54) is 0 Å². The Morgan fingerprint density at radius 1 is 1.33 bits per heavy atom. The normalized spacial score (nSPS) is 16.2. The number of aliphatic carboxylic acids is 1. The van der Waals surface area contributed by atoms with Crippen LogP contribution in [0.3, 0.4) is 0 Å². The van der Waals surface area contributed by atoms with Crippen molar-refractivity contribution in [3.63, 3.8) is 0 Å². The van der Waals surface area contributed by atoms with Gasteiger partial charge in [-0.3, -0.25) is 9.59 Å². The van der Waals surface area contributed by atoms with Gasteiger partial charge >= 0.3 is 18.1 Å². The van der Waals surface area contributed by atoms with E-state index in [2.05, 4.69) is 0 Å². The van der Waals surface area contributed by atoms with Gasteiger partial charge < -0.3 is 10.0 Å². The summed E-state index contributed by atoms with van der Waals surface area (Å²) < 4.78 is 36.1. The van der Waals surface area contributed by atoms with Crippen LogP contribution in [0.2, 0.25) is 0 Å². The van der Waals surface area contributed by atoms with Gasteiger partial charge in [0.25, 0.3) is 0 Å². The summed E-state index contributed by atoms with van der Waals surface area (Å²) in [7, 11) is 0. The number of carboxylic acid groups (broad SMARTS) is 1. The van der Waals surface area contributed by atoms with Crippen LogP contribution < -0.4 is 0 Å². The average molecular weight is 225 g/mol. The molecule has 0 saturated heterocycles. The van der Waals surface area contributed by atoms with Crippen molar-refractivity contribution in [2.24, 2.45) is 5.92 Å². The van der Waals surface area contributed by atoms with Gasteiger partial charge in [-0.05, 0) is 18.8 Å². The molecule has 1 saturated carbocycles. The highest BCUT2D eigenvalue weighted by Gasteiger charge is 2.44. The first-order chi connectivity index (χ1) is 6.80. The molecular formula is C8H10F3NO3. The molecule has 0 atom stereocenters. The largest absolute Gasteiger partial charge is 0.480 e. The van der Waals surface area contributed by atoms with Gasteiger partial charge in [0, 0.05) is 6.54 Å². The summed E-state index contributed by atoms with van der Waals surface area (Å²) in [5.41, 5.74) is 0. The lowest BCUT2D eigenvalue weighted by Crippen LogP contribution is -2.44. The molecule has 0 aliphatic heterocycles. The quantitative estimate of drug-likeness (QED) is 0.772. The van der Waals surface area contributed by atoms with Gasteiger partial charge in [0.2, 0.25) is 0 Å². The molecule has 7 heteroatoms. The van der Waals surface area contributed by atoms with Crippen LogP contribution in [0.4, 0.5) is 13.2 Å². The molecule has 1 aliphatic rings. The fourth-order valence-corrected chi connectivity index (χ4v) is 1.17. The second-order valence-electron chi connectivity index (χ2n) is 3.52. The van der Waals surface area contributed by atoms with Gasteiger partial charge in [-0.25, -0.2) is 0 Å². The number of carboxylic acids is 1. The second-order valence-corrected chi connectivity index (χ2v) is 3.52. The minimum absolute atomic E-state index is 0.0237. The minimum atomic E-state index is -5.00. The van der Waals surface area contributed by atoms with Crippen LogP contribution in [-0.2, 0) is 9.59 Å². The number of halogens is 3. The van der Waals surface area contributed by atoms with Crippen molar-refractivity contribution in [2.75, 3.05) is 13.1 Å². The predicted octanol–water partition coefficient (Wildman–Crippen LogP) is 0.872. The maximum atomic E-state index is 12.0. The third-order valence-electron chi connectivity index (χ3n) is 2.03. The van der Waals surface area contributed by atoms with Crippen LogP contribution in [-0.4, -0.2) is 41.1 Å². The summed E-state index contributed by atoms with van der Waals surface area (Å²) in [6.07, 6.45) is -3.49. The molecule has 4 nitrogen and oxygen atoms in total. The maximum absolute atomic E-state index is 12.0. The number of amides is 1. The Labute approximate surface area is 83.7 Å². The Balaban J connectivity index is 2.61. The number of hydrogen-bond acceptors (Lipinski definition) is 2. The summed E-state index contributed by atoms with van der Waals surface area (Å²) in [6, 6.07) is 0. The lowest BCUT2D eigenvalue weighted by atomic mass is 10.3. The Morgan fingerprint density at radius 3 is 2.20 bits per heavy atom. The molecule has 1 N–H and O–H groups in total. The highest BCUT2D eigenvalue weighted by atomic mass is 19.4. The van der Waals surface area contributed by atoms with Gasteiger partial charge in [-0.1, -0.05) is 0 Å². The molecule has 1 amide bonds. The molecule has 15 heavy (non-hydrogen) atoms. The van der Waals surface area contributed by atoms with Crippen LogP contribution >= 0.6 is 0 Å². The van der Waals surface area contributed by atoms with Crippen LogP contribution in [0.1, 0.15) is 12.8 Å². The Morgan fingerprint density at radius 2 is 1.87 bits per heavy atom. The summed E-state index contributed by atoms with van der Waals surface area (Å²) in [5, 5.41) is 8.37. The van der Waals surface area contributed by atoms with E-state index in [1.54, 1.807) is 0 Å².